The molecule has 26 heavy (non-hydrogen) atoms. The third-order valence-electron chi connectivity index (χ3n) is 3.71. The van der Waals surface area contributed by atoms with Crippen LogP contribution in [0, 0.1) is 0 Å². The highest BCUT2D eigenvalue weighted by Crippen LogP contribution is 2.25. The molecular formula is C18H15N5O2S. The summed E-state index contributed by atoms with van der Waals surface area (Å²) in [6, 6.07) is 13.4. The van der Waals surface area contributed by atoms with Gasteiger partial charge in [0.05, 0.1) is 35.8 Å². The fourth-order valence-electron chi connectivity index (χ4n) is 2.48. The minimum atomic E-state index is -0.0892. The molecule has 1 amide bonds. The maximum atomic E-state index is 12.0. The molecule has 0 saturated heterocycles. The average Bonchev–Trinajstić information content (AvgIpc) is 3.35. The van der Waals surface area contributed by atoms with E-state index in [0.717, 1.165) is 21.9 Å². The Morgan fingerprint density at radius 3 is 2.85 bits per heavy atom. The van der Waals surface area contributed by atoms with Crippen molar-refractivity contribution in [3.63, 3.8) is 0 Å². The number of aromatic nitrogens is 4. The van der Waals surface area contributed by atoms with E-state index in [-0.39, 0.29) is 11.7 Å². The molecule has 0 unspecified atom stereocenters. The van der Waals surface area contributed by atoms with Crippen molar-refractivity contribution in [1.29, 1.82) is 0 Å². The van der Waals surface area contributed by atoms with Gasteiger partial charge in [-0.15, -0.1) is 0 Å². The van der Waals surface area contributed by atoms with Crippen LogP contribution < -0.4 is 5.32 Å². The van der Waals surface area contributed by atoms with Crippen LogP contribution in [0.4, 0.5) is 0 Å². The molecule has 7 nitrogen and oxygen atoms in total. The zero-order valence-corrected chi connectivity index (χ0v) is 14.5. The molecule has 3 aromatic heterocycles. The van der Waals surface area contributed by atoms with Crippen LogP contribution in [-0.4, -0.2) is 31.4 Å². The molecule has 0 radical (unpaired) electrons. The minimum absolute atomic E-state index is 0.0892. The van der Waals surface area contributed by atoms with Crippen molar-refractivity contribution in [2.45, 2.75) is 11.6 Å². The predicted molar refractivity (Wildman–Crippen MR) is 97.9 cm³/mol. The van der Waals surface area contributed by atoms with E-state index in [1.54, 1.807) is 23.2 Å². The lowest BCUT2D eigenvalue weighted by molar-refractivity contribution is -0.118. The van der Waals surface area contributed by atoms with Gasteiger partial charge in [0, 0.05) is 0 Å². The topological polar surface area (TPSA) is 85.8 Å². The van der Waals surface area contributed by atoms with Crippen LogP contribution in [0.1, 0.15) is 5.76 Å². The number of amides is 1. The van der Waals surface area contributed by atoms with E-state index in [9.17, 15) is 4.79 Å². The number of fused-ring (bicyclic) bond motifs is 1. The van der Waals surface area contributed by atoms with E-state index in [2.05, 4.69) is 20.4 Å². The van der Waals surface area contributed by atoms with Crippen molar-refractivity contribution in [2.24, 2.45) is 0 Å². The molecule has 0 bridgehead atoms. The largest absolute Gasteiger partial charge is 0.467 e. The van der Waals surface area contributed by atoms with Crippen molar-refractivity contribution in [3.05, 3.63) is 67.0 Å². The summed E-state index contributed by atoms with van der Waals surface area (Å²) < 4.78 is 6.96. The number of carbonyl (C=O) groups excluding carboxylic acids is 1. The molecule has 8 heteroatoms. The van der Waals surface area contributed by atoms with Crippen molar-refractivity contribution in [1.82, 2.24) is 25.1 Å². The lowest BCUT2D eigenvalue weighted by Gasteiger charge is -2.05. The molecule has 0 aliphatic carbocycles. The Kier molecular flexibility index (Phi) is 4.65. The van der Waals surface area contributed by atoms with Crippen molar-refractivity contribution >= 4 is 28.7 Å². The Morgan fingerprint density at radius 1 is 1.15 bits per heavy atom. The van der Waals surface area contributed by atoms with Gasteiger partial charge in [-0.05, 0) is 24.3 Å². The number of hydrogen-bond acceptors (Lipinski definition) is 6. The first-order chi connectivity index (χ1) is 12.8. The van der Waals surface area contributed by atoms with Gasteiger partial charge in [-0.25, -0.2) is 14.6 Å². The van der Waals surface area contributed by atoms with E-state index in [0.29, 0.717) is 12.2 Å². The summed E-state index contributed by atoms with van der Waals surface area (Å²) in [6.07, 6.45) is 4.80. The maximum absolute atomic E-state index is 12.0. The number of carbonyl (C=O) groups is 1. The monoisotopic (exact) mass is 365 g/mol. The number of hydrogen-bond donors (Lipinski definition) is 1. The molecule has 4 aromatic rings. The molecule has 4 rings (SSSR count). The summed E-state index contributed by atoms with van der Waals surface area (Å²) in [5.41, 5.74) is 1.64. The highest BCUT2D eigenvalue weighted by atomic mass is 32.2. The first-order valence-corrected chi connectivity index (χ1v) is 8.96. The predicted octanol–water partition coefficient (Wildman–Crippen LogP) is 2.82. The summed E-state index contributed by atoms with van der Waals surface area (Å²) in [6.45, 7) is 0.373. The summed E-state index contributed by atoms with van der Waals surface area (Å²) in [5, 5.41) is 8.77. The zero-order valence-electron chi connectivity index (χ0n) is 13.7. The van der Waals surface area contributed by atoms with E-state index >= 15 is 0 Å². The van der Waals surface area contributed by atoms with E-state index in [1.807, 2.05) is 36.4 Å². The third kappa shape index (κ3) is 3.45. The van der Waals surface area contributed by atoms with Crippen molar-refractivity contribution in [2.75, 3.05) is 5.75 Å². The molecule has 3 heterocycles. The number of benzene rings is 1. The van der Waals surface area contributed by atoms with Crippen LogP contribution >= 0.6 is 11.8 Å². The van der Waals surface area contributed by atoms with Gasteiger partial charge in [0.15, 0.2) is 5.65 Å². The van der Waals surface area contributed by atoms with Gasteiger partial charge < -0.3 is 9.73 Å². The number of para-hydroxylation sites is 1. The molecule has 0 aliphatic rings. The Morgan fingerprint density at radius 2 is 2.04 bits per heavy atom. The minimum Gasteiger partial charge on any atom is -0.467 e. The molecule has 0 fully saturated rings. The molecule has 0 atom stereocenters. The summed E-state index contributed by atoms with van der Waals surface area (Å²) in [5.74, 6) is 0.883. The van der Waals surface area contributed by atoms with Gasteiger partial charge in [-0.3, -0.25) is 4.79 Å². The molecule has 0 aliphatic heterocycles. The van der Waals surface area contributed by atoms with Crippen LogP contribution in [0.25, 0.3) is 16.7 Å². The van der Waals surface area contributed by atoms with E-state index in [4.69, 9.17) is 4.42 Å². The fourth-order valence-corrected chi connectivity index (χ4v) is 3.27. The molecular weight excluding hydrogens is 350 g/mol. The first-order valence-electron chi connectivity index (χ1n) is 7.97. The van der Waals surface area contributed by atoms with Gasteiger partial charge in [0.1, 0.15) is 17.1 Å². The summed E-state index contributed by atoms with van der Waals surface area (Å²) in [4.78, 5) is 20.7. The lowest BCUT2D eigenvalue weighted by atomic mass is 10.3. The number of nitrogens with zero attached hydrogens (tertiary/aromatic N) is 4. The van der Waals surface area contributed by atoms with Crippen LogP contribution in [0.5, 0.6) is 0 Å². The summed E-state index contributed by atoms with van der Waals surface area (Å²) >= 11 is 1.36. The second-order valence-electron chi connectivity index (χ2n) is 5.45. The number of nitrogens with one attached hydrogen (secondary N) is 1. The smallest absolute Gasteiger partial charge is 0.230 e. The van der Waals surface area contributed by atoms with Gasteiger partial charge in [-0.2, -0.15) is 5.10 Å². The third-order valence-corrected chi connectivity index (χ3v) is 4.72. The van der Waals surface area contributed by atoms with Crippen LogP contribution in [0.2, 0.25) is 0 Å². The Balaban J connectivity index is 1.47. The number of furan rings is 1. The molecule has 1 aromatic carbocycles. The lowest BCUT2D eigenvalue weighted by Crippen LogP contribution is -2.24. The fraction of sp³-hybridized carbons (Fsp3) is 0.111. The van der Waals surface area contributed by atoms with Crippen LogP contribution in [0.15, 0.2) is 70.7 Å². The highest BCUT2D eigenvalue weighted by molar-refractivity contribution is 8.00. The number of thioether (sulfide) groups is 1. The van der Waals surface area contributed by atoms with Crippen molar-refractivity contribution < 1.29 is 9.21 Å². The molecule has 130 valence electrons. The van der Waals surface area contributed by atoms with Gasteiger partial charge in [0.25, 0.3) is 0 Å². The second-order valence-corrected chi connectivity index (χ2v) is 6.42. The molecule has 1 N–H and O–H groups in total. The normalized spacial score (nSPS) is 10.9. The highest BCUT2D eigenvalue weighted by Gasteiger charge is 2.13. The SMILES string of the molecule is O=C(CSc1ncnc2c1cnn2-c1ccccc1)NCc1ccco1. The van der Waals surface area contributed by atoms with Gasteiger partial charge in [-0.1, -0.05) is 30.0 Å². The zero-order chi connectivity index (χ0) is 17.8. The van der Waals surface area contributed by atoms with Crippen LogP contribution in [-0.2, 0) is 11.3 Å². The maximum Gasteiger partial charge on any atom is 0.230 e. The second kappa shape index (κ2) is 7.40. The quantitative estimate of drug-likeness (QED) is 0.418. The number of rotatable bonds is 6. The standard InChI is InChI=1S/C18H15N5O2S/c24-16(19-9-14-7-4-8-25-14)11-26-18-15-10-22-23(17(15)20-12-21-18)13-5-2-1-3-6-13/h1-8,10,12H,9,11H2,(H,19,24). The van der Waals surface area contributed by atoms with E-state index in [1.165, 1.54) is 18.1 Å². The Labute approximate surface area is 153 Å². The first kappa shape index (κ1) is 16.3. The summed E-state index contributed by atoms with van der Waals surface area (Å²) in [7, 11) is 0. The van der Waals surface area contributed by atoms with Gasteiger partial charge >= 0.3 is 0 Å². The molecule has 0 spiro atoms. The Bertz CT molecular complexity index is 1010. The van der Waals surface area contributed by atoms with Crippen LogP contribution in [0.3, 0.4) is 0 Å². The Hall–Kier alpha value is -3.13. The van der Waals surface area contributed by atoms with Crippen molar-refractivity contribution in [3.8, 4) is 5.69 Å². The van der Waals surface area contributed by atoms with Gasteiger partial charge in [0.2, 0.25) is 5.91 Å². The average molecular weight is 365 g/mol. The van der Waals surface area contributed by atoms with E-state index < -0.39 is 0 Å². The molecule has 0 saturated carbocycles.